The average Bonchev–Trinajstić information content (AvgIpc) is 2.42. The number of unbranched alkanes of at least 4 members (excludes halogenated alkanes) is 1. The second-order valence-corrected chi connectivity index (χ2v) is 4.63. The first-order chi connectivity index (χ1) is 9.17. The molecule has 0 saturated carbocycles. The van der Waals surface area contributed by atoms with E-state index in [4.69, 9.17) is 14.7 Å². The molecule has 0 saturated heterocycles. The molecule has 0 spiro atoms. The van der Waals surface area contributed by atoms with Crippen LogP contribution in [-0.4, -0.2) is 19.8 Å². The van der Waals surface area contributed by atoms with Crippen molar-refractivity contribution in [2.24, 2.45) is 0 Å². The van der Waals surface area contributed by atoms with Crippen molar-refractivity contribution in [3.8, 4) is 17.6 Å². The van der Waals surface area contributed by atoms with Gasteiger partial charge in [-0.25, -0.2) is 0 Å². The Morgan fingerprint density at radius 1 is 1.32 bits per heavy atom. The number of hydrogen-bond acceptors (Lipinski definition) is 4. The Kier molecular flexibility index (Phi) is 6.76. The quantitative estimate of drug-likeness (QED) is 0.732. The molecule has 104 valence electrons. The van der Waals surface area contributed by atoms with Gasteiger partial charge in [0.25, 0.3) is 0 Å². The average molecular weight is 262 g/mol. The Hall–Kier alpha value is -1.73. The lowest BCUT2D eigenvalue weighted by Gasteiger charge is -2.13. The fraction of sp³-hybridized carbons (Fsp3) is 0.533. The summed E-state index contributed by atoms with van der Waals surface area (Å²) >= 11 is 0. The van der Waals surface area contributed by atoms with Gasteiger partial charge in [0.05, 0.1) is 19.8 Å². The van der Waals surface area contributed by atoms with Gasteiger partial charge in [-0.15, -0.1) is 0 Å². The topological polar surface area (TPSA) is 54.3 Å². The number of nitrogens with zero attached hydrogens (tertiary/aromatic N) is 1. The van der Waals surface area contributed by atoms with Gasteiger partial charge in [-0.05, 0) is 24.1 Å². The fourth-order valence-electron chi connectivity index (χ4n) is 1.60. The largest absolute Gasteiger partial charge is 0.493 e. The first-order valence-electron chi connectivity index (χ1n) is 6.57. The third-order valence-electron chi connectivity index (χ3n) is 2.63. The van der Waals surface area contributed by atoms with E-state index in [9.17, 15) is 0 Å². The van der Waals surface area contributed by atoms with Crippen molar-refractivity contribution in [2.75, 3.05) is 13.7 Å². The Balaban J connectivity index is 2.60. The molecular formula is C15H22N2O2. The Labute approximate surface area is 115 Å². The standard InChI is InChI=1S/C15H22N2O2/c1-12(2)17-11-13-6-7-14(15(10-13)18-3)19-9-5-4-8-16/h6-7,10,12,17H,4-5,9,11H2,1-3H3. The minimum absolute atomic E-state index is 0.452. The summed E-state index contributed by atoms with van der Waals surface area (Å²) < 4.78 is 10.9. The number of ether oxygens (including phenoxy) is 2. The van der Waals surface area contributed by atoms with Gasteiger partial charge >= 0.3 is 0 Å². The maximum absolute atomic E-state index is 8.47. The van der Waals surface area contributed by atoms with Gasteiger partial charge < -0.3 is 14.8 Å². The molecule has 1 aromatic rings. The van der Waals surface area contributed by atoms with E-state index in [2.05, 4.69) is 25.2 Å². The van der Waals surface area contributed by atoms with Crippen molar-refractivity contribution in [1.82, 2.24) is 5.32 Å². The summed E-state index contributed by atoms with van der Waals surface area (Å²) in [7, 11) is 1.64. The van der Waals surface area contributed by atoms with Gasteiger partial charge in [-0.2, -0.15) is 5.26 Å². The molecule has 0 aliphatic rings. The van der Waals surface area contributed by atoms with Crippen LogP contribution in [0, 0.1) is 11.3 Å². The van der Waals surface area contributed by atoms with Crippen LogP contribution >= 0.6 is 0 Å². The van der Waals surface area contributed by atoms with Crippen LogP contribution in [0.2, 0.25) is 0 Å². The van der Waals surface area contributed by atoms with Gasteiger partial charge in [0.15, 0.2) is 11.5 Å². The predicted molar refractivity (Wildman–Crippen MR) is 75.3 cm³/mol. The highest BCUT2D eigenvalue weighted by Crippen LogP contribution is 2.28. The first-order valence-corrected chi connectivity index (χ1v) is 6.57. The van der Waals surface area contributed by atoms with Crippen LogP contribution in [0.25, 0.3) is 0 Å². The van der Waals surface area contributed by atoms with Gasteiger partial charge in [0, 0.05) is 19.0 Å². The molecular weight excluding hydrogens is 240 g/mol. The van der Waals surface area contributed by atoms with Crippen molar-refractivity contribution in [2.45, 2.75) is 39.3 Å². The van der Waals surface area contributed by atoms with E-state index in [1.54, 1.807) is 7.11 Å². The molecule has 0 unspecified atom stereocenters. The molecule has 0 aromatic heterocycles. The SMILES string of the molecule is COc1cc(CNC(C)C)ccc1OCCCC#N. The summed E-state index contributed by atoms with van der Waals surface area (Å²) in [5.41, 5.74) is 1.16. The highest BCUT2D eigenvalue weighted by Gasteiger charge is 2.06. The monoisotopic (exact) mass is 262 g/mol. The van der Waals surface area contributed by atoms with Gasteiger partial charge in [-0.1, -0.05) is 19.9 Å². The maximum Gasteiger partial charge on any atom is 0.161 e. The second-order valence-electron chi connectivity index (χ2n) is 4.63. The summed E-state index contributed by atoms with van der Waals surface area (Å²) in [6, 6.07) is 8.48. The molecule has 0 heterocycles. The van der Waals surface area contributed by atoms with E-state index in [1.807, 2.05) is 18.2 Å². The van der Waals surface area contributed by atoms with Crippen LogP contribution in [0.3, 0.4) is 0 Å². The molecule has 4 heteroatoms. The first kappa shape index (κ1) is 15.3. The zero-order chi connectivity index (χ0) is 14.1. The summed E-state index contributed by atoms with van der Waals surface area (Å²) in [4.78, 5) is 0. The minimum atomic E-state index is 0.452. The van der Waals surface area contributed by atoms with Gasteiger partial charge in [0.1, 0.15) is 0 Å². The molecule has 0 amide bonds. The molecule has 0 aliphatic heterocycles. The highest BCUT2D eigenvalue weighted by molar-refractivity contribution is 5.42. The second kappa shape index (κ2) is 8.39. The van der Waals surface area contributed by atoms with E-state index in [1.165, 1.54) is 0 Å². The zero-order valence-corrected chi connectivity index (χ0v) is 11.9. The Bertz CT molecular complexity index is 425. The lowest BCUT2D eigenvalue weighted by Crippen LogP contribution is -2.21. The van der Waals surface area contributed by atoms with E-state index >= 15 is 0 Å². The van der Waals surface area contributed by atoms with E-state index in [0.29, 0.717) is 19.1 Å². The Morgan fingerprint density at radius 3 is 2.74 bits per heavy atom. The predicted octanol–water partition coefficient (Wildman–Crippen LogP) is 2.88. The smallest absolute Gasteiger partial charge is 0.161 e. The van der Waals surface area contributed by atoms with Crippen molar-refractivity contribution in [1.29, 1.82) is 5.26 Å². The molecule has 1 aromatic carbocycles. The number of rotatable bonds is 8. The zero-order valence-electron chi connectivity index (χ0n) is 11.9. The lowest BCUT2D eigenvalue weighted by atomic mass is 10.2. The van der Waals surface area contributed by atoms with E-state index < -0.39 is 0 Å². The molecule has 0 aliphatic carbocycles. The third kappa shape index (κ3) is 5.62. The fourth-order valence-corrected chi connectivity index (χ4v) is 1.60. The number of benzene rings is 1. The molecule has 4 nitrogen and oxygen atoms in total. The minimum Gasteiger partial charge on any atom is -0.493 e. The maximum atomic E-state index is 8.47. The summed E-state index contributed by atoms with van der Waals surface area (Å²) in [6.45, 7) is 5.57. The normalized spacial score (nSPS) is 10.3. The summed E-state index contributed by atoms with van der Waals surface area (Å²) in [6.07, 6.45) is 1.25. The number of nitriles is 1. The van der Waals surface area contributed by atoms with Crippen LogP contribution in [0.4, 0.5) is 0 Å². The number of methoxy groups -OCH3 is 1. The molecule has 0 fully saturated rings. The molecule has 19 heavy (non-hydrogen) atoms. The van der Waals surface area contributed by atoms with Crippen molar-refractivity contribution in [3.63, 3.8) is 0 Å². The van der Waals surface area contributed by atoms with Crippen molar-refractivity contribution < 1.29 is 9.47 Å². The van der Waals surface area contributed by atoms with Crippen LogP contribution in [0.1, 0.15) is 32.3 Å². The van der Waals surface area contributed by atoms with Crippen molar-refractivity contribution >= 4 is 0 Å². The van der Waals surface area contributed by atoms with E-state index in [-0.39, 0.29) is 0 Å². The van der Waals surface area contributed by atoms with Crippen LogP contribution in [0.5, 0.6) is 11.5 Å². The van der Waals surface area contributed by atoms with Crippen LogP contribution < -0.4 is 14.8 Å². The van der Waals surface area contributed by atoms with Gasteiger partial charge in [-0.3, -0.25) is 0 Å². The van der Waals surface area contributed by atoms with Crippen LogP contribution in [-0.2, 0) is 6.54 Å². The number of nitrogens with one attached hydrogen (secondary N) is 1. The lowest BCUT2D eigenvalue weighted by molar-refractivity contribution is 0.290. The van der Waals surface area contributed by atoms with Crippen LogP contribution in [0.15, 0.2) is 18.2 Å². The molecule has 0 radical (unpaired) electrons. The number of hydrogen-bond donors (Lipinski definition) is 1. The Morgan fingerprint density at radius 2 is 2.11 bits per heavy atom. The van der Waals surface area contributed by atoms with Gasteiger partial charge in [0.2, 0.25) is 0 Å². The summed E-state index contributed by atoms with van der Waals surface area (Å²) in [5, 5.41) is 11.8. The molecule has 0 bridgehead atoms. The highest BCUT2D eigenvalue weighted by atomic mass is 16.5. The third-order valence-corrected chi connectivity index (χ3v) is 2.63. The molecule has 1 N–H and O–H groups in total. The van der Waals surface area contributed by atoms with E-state index in [0.717, 1.165) is 30.0 Å². The molecule has 1 rings (SSSR count). The summed E-state index contributed by atoms with van der Waals surface area (Å²) in [5.74, 6) is 1.47. The van der Waals surface area contributed by atoms with Crippen molar-refractivity contribution in [3.05, 3.63) is 23.8 Å². The molecule has 0 atom stereocenters.